The molecule has 1 aromatic carbocycles. The summed E-state index contributed by atoms with van der Waals surface area (Å²) in [7, 11) is 0. The Labute approximate surface area is 122 Å². The molecule has 1 N–H and O–H groups in total. The van der Waals surface area contributed by atoms with Crippen molar-refractivity contribution >= 4 is 22.3 Å². The number of rotatable bonds is 5. The normalized spacial score (nSPS) is 12.2. The molecule has 0 radical (unpaired) electrons. The molecule has 1 atom stereocenters. The van der Waals surface area contributed by atoms with Crippen LogP contribution in [0.25, 0.3) is 0 Å². The summed E-state index contributed by atoms with van der Waals surface area (Å²) in [6.45, 7) is 5.41. The summed E-state index contributed by atoms with van der Waals surface area (Å²) < 4.78 is 17.1. The molecule has 3 nitrogen and oxygen atoms in total. The van der Waals surface area contributed by atoms with Gasteiger partial charge in [-0.15, -0.1) is 0 Å². The number of aromatic nitrogens is 1. The Kier molecular flexibility index (Phi) is 4.49. The summed E-state index contributed by atoms with van der Waals surface area (Å²) in [4.78, 5) is 11.6. The van der Waals surface area contributed by atoms with Crippen LogP contribution < -0.4 is 5.32 Å². The molecule has 1 heterocycles. The van der Waals surface area contributed by atoms with Crippen molar-refractivity contribution in [2.24, 2.45) is 0 Å². The molecule has 0 spiro atoms. The van der Waals surface area contributed by atoms with Gasteiger partial charge in [-0.25, -0.2) is 4.39 Å². The number of ketones is 1. The van der Waals surface area contributed by atoms with E-state index in [1.807, 2.05) is 13.8 Å². The van der Waals surface area contributed by atoms with E-state index in [4.69, 9.17) is 0 Å². The number of hydrogen-bond donors (Lipinski definition) is 1. The number of carbonyl (C=O) groups is 1. The number of halogens is 1. The van der Waals surface area contributed by atoms with E-state index in [0.717, 1.165) is 22.7 Å². The molecule has 1 unspecified atom stereocenters. The first-order chi connectivity index (χ1) is 9.47. The van der Waals surface area contributed by atoms with E-state index >= 15 is 0 Å². The number of Topliss-reactive ketones (excluding diaryl/α,β-unsaturated/α-hetero) is 1. The molecule has 0 saturated heterocycles. The lowest BCUT2D eigenvalue weighted by molar-refractivity contribution is 0.101. The van der Waals surface area contributed by atoms with Gasteiger partial charge >= 0.3 is 0 Å². The highest BCUT2D eigenvalue weighted by molar-refractivity contribution is 7.10. The maximum atomic E-state index is 12.9. The van der Waals surface area contributed by atoms with Gasteiger partial charge in [0.1, 0.15) is 10.8 Å². The van der Waals surface area contributed by atoms with Crippen LogP contribution in [0.4, 0.5) is 9.39 Å². The van der Waals surface area contributed by atoms with E-state index < -0.39 is 0 Å². The largest absolute Gasteiger partial charge is 0.372 e. The van der Waals surface area contributed by atoms with Gasteiger partial charge in [0.15, 0.2) is 5.78 Å². The Morgan fingerprint density at radius 1 is 1.40 bits per heavy atom. The molecule has 0 amide bonds. The molecule has 0 bridgehead atoms. The molecular formula is C15H17FN2OS. The van der Waals surface area contributed by atoms with Crippen molar-refractivity contribution in [3.63, 3.8) is 0 Å². The minimum atomic E-state index is -0.230. The van der Waals surface area contributed by atoms with Gasteiger partial charge in [-0.05, 0) is 56.4 Å². The zero-order valence-corrected chi connectivity index (χ0v) is 12.6. The highest BCUT2D eigenvalue weighted by atomic mass is 32.1. The van der Waals surface area contributed by atoms with Gasteiger partial charge in [0.05, 0.1) is 11.3 Å². The predicted octanol–water partition coefficient (Wildman–Crippen LogP) is 3.84. The Hall–Kier alpha value is -1.75. The zero-order valence-electron chi connectivity index (χ0n) is 11.7. The fourth-order valence-electron chi connectivity index (χ4n) is 2.13. The van der Waals surface area contributed by atoms with Crippen molar-refractivity contribution in [3.05, 3.63) is 46.9 Å². The summed E-state index contributed by atoms with van der Waals surface area (Å²) in [5.74, 6) is -0.209. The molecule has 0 aliphatic carbocycles. The van der Waals surface area contributed by atoms with Crippen molar-refractivity contribution in [1.29, 1.82) is 0 Å². The highest BCUT2D eigenvalue weighted by Gasteiger charge is 2.16. The monoisotopic (exact) mass is 292 g/mol. The van der Waals surface area contributed by atoms with E-state index in [0.29, 0.717) is 5.56 Å². The topological polar surface area (TPSA) is 42.0 Å². The van der Waals surface area contributed by atoms with Crippen molar-refractivity contribution < 1.29 is 9.18 Å². The molecule has 1 aromatic heterocycles. The molecule has 0 fully saturated rings. The molecule has 106 valence electrons. The second-order valence-electron chi connectivity index (χ2n) is 4.90. The van der Waals surface area contributed by atoms with Gasteiger partial charge in [-0.1, -0.05) is 12.1 Å². The third-order valence-corrected chi connectivity index (χ3v) is 3.92. The average molecular weight is 292 g/mol. The van der Waals surface area contributed by atoms with E-state index in [2.05, 4.69) is 9.69 Å². The summed E-state index contributed by atoms with van der Waals surface area (Å²) in [6, 6.07) is 6.60. The van der Waals surface area contributed by atoms with Crippen LogP contribution in [0.3, 0.4) is 0 Å². The van der Waals surface area contributed by atoms with Crippen molar-refractivity contribution in [3.8, 4) is 0 Å². The Bertz CT molecular complexity index is 607. The van der Waals surface area contributed by atoms with E-state index in [9.17, 15) is 9.18 Å². The number of hydrogen-bond acceptors (Lipinski definition) is 4. The number of carbonyl (C=O) groups excluding carboxylic acids is 1. The minimum Gasteiger partial charge on any atom is -0.372 e. The van der Waals surface area contributed by atoms with Crippen molar-refractivity contribution in [2.75, 3.05) is 5.32 Å². The highest BCUT2D eigenvalue weighted by Crippen LogP contribution is 2.26. The Morgan fingerprint density at radius 3 is 2.65 bits per heavy atom. The number of benzene rings is 1. The summed E-state index contributed by atoms with van der Waals surface area (Å²) in [6.07, 6.45) is 0.759. The first-order valence-electron chi connectivity index (χ1n) is 6.45. The van der Waals surface area contributed by atoms with Gasteiger partial charge < -0.3 is 5.32 Å². The predicted molar refractivity (Wildman–Crippen MR) is 80.0 cm³/mol. The summed E-state index contributed by atoms with van der Waals surface area (Å²) in [5, 5.41) is 4.13. The first-order valence-corrected chi connectivity index (χ1v) is 7.23. The van der Waals surface area contributed by atoms with Crippen LogP contribution in [0, 0.1) is 12.7 Å². The van der Waals surface area contributed by atoms with Gasteiger partial charge in [0.25, 0.3) is 0 Å². The van der Waals surface area contributed by atoms with Gasteiger partial charge in [0.2, 0.25) is 0 Å². The molecule has 0 aliphatic heterocycles. The molecule has 2 rings (SSSR count). The molecule has 0 saturated carbocycles. The summed E-state index contributed by atoms with van der Waals surface area (Å²) >= 11 is 1.30. The molecule has 5 heteroatoms. The average Bonchev–Trinajstić information content (AvgIpc) is 2.73. The molecular weight excluding hydrogens is 275 g/mol. The fraction of sp³-hybridized carbons (Fsp3) is 0.333. The lowest BCUT2D eigenvalue weighted by atomic mass is 10.1. The number of nitrogens with one attached hydrogen (secondary N) is 1. The third kappa shape index (κ3) is 3.42. The van der Waals surface area contributed by atoms with E-state index in [-0.39, 0.29) is 17.6 Å². The lowest BCUT2D eigenvalue weighted by Gasteiger charge is -2.14. The van der Waals surface area contributed by atoms with Gasteiger partial charge in [0, 0.05) is 6.04 Å². The number of nitrogens with zero attached hydrogens (tertiary/aromatic N) is 1. The smallest absolute Gasteiger partial charge is 0.164 e. The number of anilines is 1. The quantitative estimate of drug-likeness (QED) is 0.851. The van der Waals surface area contributed by atoms with E-state index in [1.54, 1.807) is 19.1 Å². The van der Waals surface area contributed by atoms with Crippen LogP contribution in [-0.2, 0) is 6.42 Å². The van der Waals surface area contributed by atoms with Crippen LogP contribution >= 0.6 is 11.5 Å². The SMILES string of the molecule is CC(=O)c1c(C)nsc1NC(C)Cc1ccc(F)cc1. The maximum absolute atomic E-state index is 12.9. The van der Waals surface area contributed by atoms with Gasteiger partial charge in [-0.2, -0.15) is 4.37 Å². The van der Waals surface area contributed by atoms with E-state index in [1.165, 1.54) is 23.7 Å². The van der Waals surface area contributed by atoms with Crippen molar-refractivity contribution in [2.45, 2.75) is 33.2 Å². The minimum absolute atomic E-state index is 0.0210. The first kappa shape index (κ1) is 14.7. The molecule has 20 heavy (non-hydrogen) atoms. The lowest BCUT2D eigenvalue weighted by Crippen LogP contribution is -2.18. The maximum Gasteiger partial charge on any atom is 0.164 e. The number of aryl methyl sites for hydroxylation is 1. The zero-order chi connectivity index (χ0) is 14.7. The molecule has 0 aliphatic rings. The standard InChI is InChI=1S/C15H17FN2OS/c1-9(8-12-4-6-13(16)7-5-12)17-15-14(11(3)19)10(2)18-20-15/h4-7,9,17H,8H2,1-3H3. The van der Waals surface area contributed by atoms with Crippen LogP contribution in [0.1, 0.15) is 35.5 Å². The fourth-order valence-corrected chi connectivity index (χ4v) is 3.09. The second-order valence-corrected chi connectivity index (χ2v) is 5.68. The molecule has 2 aromatic rings. The third-order valence-electron chi connectivity index (χ3n) is 3.05. The van der Waals surface area contributed by atoms with Crippen LogP contribution in [-0.4, -0.2) is 16.2 Å². The van der Waals surface area contributed by atoms with Crippen molar-refractivity contribution in [1.82, 2.24) is 4.37 Å². The van der Waals surface area contributed by atoms with Crippen LogP contribution in [0.15, 0.2) is 24.3 Å². The summed E-state index contributed by atoms with van der Waals surface area (Å²) in [5.41, 5.74) is 2.48. The Morgan fingerprint density at radius 2 is 2.05 bits per heavy atom. The second kappa shape index (κ2) is 6.13. The van der Waals surface area contributed by atoms with Gasteiger partial charge in [-0.3, -0.25) is 4.79 Å². The Balaban J connectivity index is 2.06. The van der Waals surface area contributed by atoms with Crippen LogP contribution in [0.5, 0.6) is 0 Å². The van der Waals surface area contributed by atoms with Crippen LogP contribution in [0.2, 0.25) is 0 Å².